The van der Waals surface area contributed by atoms with Crippen molar-refractivity contribution < 1.29 is 28.6 Å². The third-order valence-electron chi connectivity index (χ3n) is 4.03. The van der Waals surface area contributed by atoms with E-state index in [2.05, 4.69) is 5.32 Å². The van der Waals surface area contributed by atoms with Gasteiger partial charge in [-0.1, -0.05) is 29.8 Å². The SMILES string of the molecule is COC1=CC(=O)OC1C(OC(=O)[C@@H]1CCC(=O)N1)c1ccccc1Cl. The molecule has 0 radical (unpaired) electrons. The maximum Gasteiger partial charge on any atom is 0.335 e. The highest BCUT2D eigenvalue weighted by Crippen LogP contribution is 2.36. The Labute approximate surface area is 148 Å². The van der Waals surface area contributed by atoms with Crippen LogP contribution in [0, 0.1) is 0 Å². The number of rotatable bonds is 5. The topological polar surface area (TPSA) is 90.9 Å². The second kappa shape index (κ2) is 7.14. The molecule has 1 aromatic rings. The first-order chi connectivity index (χ1) is 12.0. The van der Waals surface area contributed by atoms with E-state index in [1.807, 2.05) is 0 Å². The summed E-state index contributed by atoms with van der Waals surface area (Å²) in [7, 11) is 1.39. The Bertz CT molecular complexity index is 746. The van der Waals surface area contributed by atoms with Crippen molar-refractivity contribution in [3.63, 3.8) is 0 Å². The van der Waals surface area contributed by atoms with E-state index < -0.39 is 30.2 Å². The number of cyclic esters (lactones) is 1. The van der Waals surface area contributed by atoms with Crippen LogP contribution in [0.3, 0.4) is 0 Å². The number of benzene rings is 1. The van der Waals surface area contributed by atoms with Gasteiger partial charge in [0.1, 0.15) is 11.8 Å². The molecule has 1 aromatic carbocycles. The van der Waals surface area contributed by atoms with E-state index in [9.17, 15) is 14.4 Å². The molecule has 2 aliphatic rings. The fourth-order valence-electron chi connectivity index (χ4n) is 2.79. The van der Waals surface area contributed by atoms with Crippen molar-refractivity contribution in [2.75, 3.05) is 7.11 Å². The Hall–Kier alpha value is -2.54. The van der Waals surface area contributed by atoms with Crippen LogP contribution in [-0.2, 0) is 28.6 Å². The number of amides is 1. The Balaban J connectivity index is 1.89. The third kappa shape index (κ3) is 3.61. The normalized spacial score (nSPS) is 23.5. The lowest BCUT2D eigenvalue weighted by Crippen LogP contribution is -2.37. The van der Waals surface area contributed by atoms with Crippen molar-refractivity contribution in [3.8, 4) is 0 Å². The molecule has 2 heterocycles. The van der Waals surface area contributed by atoms with Crippen molar-refractivity contribution in [1.82, 2.24) is 5.32 Å². The molecule has 1 amide bonds. The number of carbonyl (C=O) groups excluding carboxylic acids is 3. The molecule has 0 saturated carbocycles. The van der Waals surface area contributed by atoms with E-state index in [0.29, 0.717) is 17.0 Å². The predicted molar refractivity (Wildman–Crippen MR) is 86.4 cm³/mol. The first-order valence-corrected chi connectivity index (χ1v) is 8.08. The number of hydrogen-bond donors (Lipinski definition) is 1. The number of ether oxygens (including phenoxy) is 3. The minimum atomic E-state index is -0.989. The molecule has 0 spiro atoms. The van der Waals surface area contributed by atoms with Gasteiger partial charge in [0.25, 0.3) is 0 Å². The number of hydrogen-bond acceptors (Lipinski definition) is 6. The first kappa shape index (κ1) is 17.3. The van der Waals surface area contributed by atoms with Crippen LogP contribution >= 0.6 is 11.6 Å². The summed E-state index contributed by atoms with van der Waals surface area (Å²) in [5.74, 6) is -1.18. The lowest BCUT2D eigenvalue weighted by atomic mass is 10.0. The lowest BCUT2D eigenvalue weighted by molar-refractivity contribution is -0.164. The number of halogens is 1. The van der Waals surface area contributed by atoms with Crippen molar-refractivity contribution in [1.29, 1.82) is 0 Å². The van der Waals surface area contributed by atoms with E-state index in [-0.39, 0.29) is 18.1 Å². The number of esters is 2. The van der Waals surface area contributed by atoms with E-state index in [1.165, 1.54) is 13.2 Å². The maximum atomic E-state index is 12.4. The highest BCUT2D eigenvalue weighted by molar-refractivity contribution is 6.31. The van der Waals surface area contributed by atoms with E-state index in [1.54, 1.807) is 24.3 Å². The van der Waals surface area contributed by atoms with Gasteiger partial charge >= 0.3 is 11.9 Å². The standard InChI is InChI=1S/C17H16ClNO6/c1-23-12-8-14(21)24-16(12)15(9-4-2-3-5-10(9)18)25-17(22)11-6-7-13(20)19-11/h2-5,8,11,15-16H,6-7H2,1H3,(H,19,20)/t11-,15?,16?/m0/s1. The minimum Gasteiger partial charge on any atom is -0.497 e. The Morgan fingerprint density at radius 1 is 1.36 bits per heavy atom. The Morgan fingerprint density at radius 3 is 2.76 bits per heavy atom. The van der Waals surface area contributed by atoms with Gasteiger partial charge in [0.05, 0.1) is 13.2 Å². The average Bonchev–Trinajstić information content (AvgIpc) is 3.19. The van der Waals surface area contributed by atoms with Crippen LogP contribution in [0.2, 0.25) is 5.02 Å². The first-order valence-electron chi connectivity index (χ1n) is 7.70. The molecular weight excluding hydrogens is 350 g/mol. The molecule has 7 nitrogen and oxygen atoms in total. The minimum absolute atomic E-state index is 0.207. The summed E-state index contributed by atoms with van der Waals surface area (Å²) in [6.07, 6.45) is -0.128. The van der Waals surface area contributed by atoms with Gasteiger partial charge in [0.2, 0.25) is 5.91 Å². The Kier molecular flexibility index (Phi) is 4.94. The van der Waals surface area contributed by atoms with Crippen LogP contribution in [0.25, 0.3) is 0 Å². The number of carbonyl (C=O) groups is 3. The molecule has 1 N–H and O–H groups in total. The largest absolute Gasteiger partial charge is 0.497 e. The zero-order valence-electron chi connectivity index (χ0n) is 13.4. The van der Waals surface area contributed by atoms with E-state index in [4.69, 9.17) is 25.8 Å². The highest BCUT2D eigenvalue weighted by atomic mass is 35.5. The Morgan fingerprint density at radius 2 is 2.12 bits per heavy atom. The summed E-state index contributed by atoms with van der Waals surface area (Å²) in [6, 6.07) is 6.04. The van der Waals surface area contributed by atoms with Crippen molar-refractivity contribution in [3.05, 3.63) is 46.7 Å². The van der Waals surface area contributed by atoms with Gasteiger partial charge in [-0.25, -0.2) is 9.59 Å². The summed E-state index contributed by atoms with van der Waals surface area (Å²) in [5, 5.41) is 2.91. The zero-order chi connectivity index (χ0) is 18.0. The number of methoxy groups -OCH3 is 1. The average molecular weight is 366 g/mol. The third-order valence-corrected chi connectivity index (χ3v) is 4.37. The van der Waals surface area contributed by atoms with Gasteiger partial charge in [0.15, 0.2) is 12.2 Å². The fraction of sp³-hybridized carbons (Fsp3) is 0.353. The molecule has 2 aliphatic heterocycles. The van der Waals surface area contributed by atoms with E-state index in [0.717, 1.165) is 0 Å². The monoisotopic (exact) mass is 365 g/mol. The summed E-state index contributed by atoms with van der Waals surface area (Å²) < 4.78 is 16.0. The van der Waals surface area contributed by atoms with Gasteiger partial charge in [-0.3, -0.25) is 4.79 Å². The number of nitrogens with one attached hydrogen (secondary N) is 1. The van der Waals surface area contributed by atoms with Crippen LogP contribution in [0.1, 0.15) is 24.5 Å². The molecule has 0 aromatic heterocycles. The summed E-state index contributed by atoms with van der Waals surface area (Å²) >= 11 is 6.23. The van der Waals surface area contributed by atoms with Gasteiger partial charge in [-0.05, 0) is 12.5 Å². The summed E-state index contributed by atoms with van der Waals surface area (Å²) in [4.78, 5) is 35.4. The predicted octanol–water partition coefficient (Wildman–Crippen LogP) is 1.66. The van der Waals surface area contributed by atoms with Crippen molar-refractivity contribution >= 4 is 29.4 Å². The molecule has 2 unspecified atom stereocenters. The molecule has 132 valence electrons. The molecule has 3 rings (SSSR count). The summed E-state index contributed by atoms with van der Waals surface area (Å²) in [6.45, 7) is 0. The second-order valence-electron chi connectivity index (χ2n) is 5.65. The van der Waals surface area contributed by atoms with Crippen LogP contribution < -0.4 is 5.32 Å². The molecule has 1 fully saturated rings. The molecule has 0 aliphatic carbocycles. The molecule has 3 atom stereocenters. The highest BCUT2D eigenvalue weighted by Gasteiger charge is 2.41. The molecule has 1 saturated heterocycles. The fourth-order valence-corrected chi connectivity index (χ4v) is 3.04. The van der Waals surface area contributed by atoms with Crippen LogP contribution in [0.15, 0.2) is 36.1 Å². The van der Waals surface area contributed by atoms with Crippen molar-refractivity contribution in [2.24, 2.45) is 0 Å². The van der Waals surface area contributed by atoms with Gasteiger partial charge in [0, 0.05) is 17.0 Å². The van der Waals surface area contributed by atoms with Gasteiger partial charge in [-0.15, -0.1) is 0 Å². The maximum absolute atomic E-state index is 12.4. The van der Waals surface area contributed by atoms with Crippen molar-refractivity contribution in [2.45, 2.75) is 31.1 Å². The molecular formula is C17H16ClNO6. The summed E-state index contributed by atoms with van der Waals surface area (Å²) in [5.41, 5.74) is 0.476. The van der Waals surface area contributed by atoms with Gasteiger partial charge in [-0.2, -0.15) is 0 Å². The molecule has 25 heavy (non-hydrogen) atoms. The molecule has 0 bridgehead atoms. The lowest BCUT2D eigenvalue weighted by Gasteiger charge is -2.26. The second-order valence-corrected chi connectivity index (χ2v) is 6.05. The zero-order valence-corrected chi connectivity index (χ0v) is 14.1. The van der Waals surface area contributed by atoms with Crippen LogP contribution in [0.4, 0.5) is 0 Å². The van der Waals surface area contributed by atoms with Crippen LogP contribution in [0.5, 0.6) is 0 Å². The smallest absolute Gasteiger partial charge is 0.335 e. The van der Waals surface area contributed by atoms with E-state index >= 15 is 0 Å². The molecule has 8 heteroatoms. The van der Waals surface area contributed by atoms with Crippen LogP contribution in [-0.4, -0.2) is 37.1 Å². The van der Waals surface area contributed by atoms with Gasteiger partial charge < -0.3 is 19.5 Å². The quantitative estimate of drug-likeness (QED) is 0.798.